The predicted octanol–water partition coefficient (Wildman–Crippen LogP) is 4.41. The highest BCUT2D eigenvalue weighted by Crippen LogP contribution is 2.15. The molecule has 0 bridgehead atoms. The van der Waals surface area contributed by atoms with Crippen LogP contribution in [0.25, 0.3) is 0 Å². The molecule has 0 saturated carbocycles. The molecule has 0 spiro atoms. The lowest BCUT2D eigenvalue weighted by molar-refractivity contribution is -0.143. The number of hydrogen-bond acceptors (Lipinski definition) is 3. The van der Waals surface area contributed by atoms with E-state index < -0.39 is 6.04 Å². The Morgan fingerprint density at radius 3 is 2.13 bits per heavy atom. The molecule has 0 saturated heterocycles. The van der Waals surface area contributed by atoms with Crippen LogP contribution in [0.15, 0.2) is 48.5 Å². The second kappa shape index (κ2) is 12.0. The Bertz CT molecular complexity index is 800. The Hall–Kier alpha value is -2.82. The van der Waals surface area contributed by atoms with Crippen molar-refractivity contribution in [3.05, 3.63) is 65.2 Å². The topological polar surface area (TPSA) is 58.6 Å². The van der Waals surface area contributed by atoms with Crippen molar-refractivity contribution < 1.29 is 14.3 Å². The van der Waals surface area contributed by atoms with E-state index in [4.69, 9.17) is 4.74 Å². The molecule has 2 rings (SSSR count). The molecule has 0 radical (unpaired) electrons. The van der Waals surface area contributed by atoms with Crippen molar-refractivity contribution in [1.82, 2.24) is 10.2 Å². The minimum Gasteiger partial charge on any atom is -0.484 e. The number of unbranched alkanes of at least 4 members (excludes halogenated alkanes) is 1. The van der Waals surface area contributed by atoms with Crippen LogP contribution in [-0.4, -0.2) is 35.9 Å². The molecule has 2 aromatic carbocycles. The fraction of sp³-hybridized carbons (Fsp3) is 0.440. The highest BCUT2D eigenvalue weighted by Gasteiger charge is 2.28. The maximum absolute atomic E-state index is 13.1. The van der Waals surface area contributed by atoms with E-state index in [1.165, 1.54) is 0 Å². The van der Waals surface area contributed by atoms with Gasteiger partial charge in [-0.25, -0.2) is 0 Å². The molecule has 1 atom stereocenters. The summed E-state index contributed by atoms with van der Waals surface area (Å²) in [6.45, 7) is 8.93. The first-order valence-corrected chi connectivity index (χ1v) is 10.8. The van der Waals surface area contributed by atoms with Crippen molar-refractivity contribution in [2.24, 2.45) is 0 Å². The fourth-order valence-electron chi connectivity index (χ4n) is 3.18. The van der Waals surface area contributed by atoms with Gasteiger partial charge in [0.05, 0.1) is 0 Å². The van der Waals surface area contributed by atoms with Crippen molar-refractivity contribution >= 4 is 11.8 Å². The van der Waals surface area contributed by atoms with Crippen LogP contribution in [-0.2, 0) is 16.1 Å². The molecule has 5 heteroatoms. The molecule has 0 unspecified atom stereocenters. The molecule has 1 N–H and O–H groups in total. The number of aryl methyl sites for hydroxylation is 2. The number of nitrogens with one attached hydrogen (secondary N) is 1. The minimum absolute atomic E-state index is 0.104. The number of hydrogen-bond donors (Lipinski definition) is 1. The third kappa shape index (κ3) is 7.21. The lowest BCUT2D eigenvalue weighted by atomic mass is 10.1. The van der Waals surface area contributed by atoms with Gasteiger partial charge in [0.15, 0.2) is 6.61 Å². The lowest BCUT2D eigenvalue weighted by Gasteiger charge is -2.30. The largest absolute Gasteiger partial charge is 0.484 e. The summed E-state index contributed by atoms with van der Waals surface area (Å²) in [6.07, 6.45) is 2.47. The number of carbonyl (C=O) groups excluding carboxylic acids is 2. The zero-order valence-corrected chi connectivity index (χ0v) is 18.6. The van der Waals surface area contributed by atoms with Gasteiger partial charge in [0.1, 0.15) is 11.8 Å². The smallest absolute Gasteiger partial charge is 0.261 e. The molecular weight excluding hydrogens is 376 g/mol. The molecule has 162 valence electrons. The van der Waals surface area contributed by atoms with Crippen LogP contribution in [0.5, 0.6) is 5.75 Å². The number of benzene rings is 2. The van der Waals surface area contributed by atoms with Crippen LogP contribution in [0.2, 0.25) is 0 Å². The van der Waals surface area contributed by atoms with Gasteiger partial charge in [-0.15, -0.1) is 0 Å². The first-order chi connectivity index (χ1) is 14.4. The maximum Gasteiger partial charge on any atom is 0.261 e. The average molecular weight is 411 g/mol. The Balaban J connectivity index is 2.15. The van der Waals surface area contributed by atoms with Crippen LogP contribution in [0, 0.1) is 13.8 Å². The van der Waals surface area contributed by atoms with Gasteiger partial charge in [-0.05, 0) is 44.4 Å². The zero-order chi connectivity index (χ0) is 21.9. The summed E-state index contributed by atoms with van der Waals surface area (Å²) in [4.78, 5) is 27.6. The highest BCUT2D eigenvalue weighted by atomic mass is 16.5. The van der Waals surface area contributed by atoms with Gasteiger partial charge in [-0.1, -0.05) is 67.8 Å². The summed E-state index contributed by atoms with van der Waals surface area (Å²) in [6, 6.07) is 15.1. The molecule has 0 heterocycles. The van der Waals surface area contributed by atoms with Crippen LogP contribution < -0.4 is 10.1 Å². The van der Waals surface area contributed by atoms with Gasteiger partial charge in [-0.3, -0.25) is 9.59 Å². The molecule has 0 aromatic heterocycles. The van der Waals surface area contributed by atoms with E-state index in [1.807, 2.05) is 69.3 Å². The summed E-state index contributed by atoms with van der Waals surface area (Å²) < 4.78 is 5.71. The Morgan fingerprint density at radius 2 is 1.57 bits per heavy atom. The number of amides is 2. The SMILES string of the molecule is CCCCNC(=O)[C@H](CC)N(Cc1ccc(C)cc1)C(=O)COc1ccc(C)cc1. The second-order valence-electron chi connectivity index (χ2n) is 7.68. The monoisotopic (exact) mass is 410 g/mol. The van der Waals surface area contributed by atoms with Gasteiger partial charge in [0, 0.05) is 13.1 Å². The molecule has 0 aliphatic carbocycles. The third-order valence-electron chi connectivity index (χ3n) is 5.07. The molecule has 5 nitrogen and oxygen atoms in total. The average Bonchev–Trinajstić information content (AvgIpc) is 2.74. The van der Waals surface area contributed by atoms with Crippen molar-refractivity contribution in [2.45, 2.75) is 59.5 Å². The lowest BCUT2D eigenvalue weighted by Crippen LogP contribution is -2.50. The van der Waals surface area contributed by atoms with E-state index in [0.717, 1.165) is 29.5 Å². The Kier molecular flexibility index (Phi) is 9.39. The summed E-state index contributed by atoms with van der Waals surface area (Å²) in [5, 5.41) is 2.97. The van der Waals surface area contributed by atoms with E-state index in [0.29, 0.717) is 25.3 Å². The van der Waals surface area contributed by atoms with Crippen molar-refractivity contribution in [2.75, 3.05) is 13.2 Å². The summed E-state index contributed by atoms with van der Waals surface area (Å²) >= 11 is 0. The number of carbonyl (C=O) groups is 2. The third-order valence-corrected chi connectivity index (χ3v) is 5.07. The summed E-state index contributed by atoms with van der Waals surface area (Å²) in [5.41, 5.74) is 3.28. The van der Waals surface area contributed by atoms with E-state index in [1.54, 1.807) is 4.90 Å². The predicted molar refractivity (Wildman–Crippen MR) is 120 cm³/mol. The number of ether oxygens (including phenoxy) is 1. The molecule has 0 aliphatic heterocycles. The van der Waals surface area contributed by atoms with Gasteiger partial charge in [0.2, 0.25) is 5.91 Å². The molecule has 2 amide bonds. The van der Waals surface area contributed by atoms with E-state index in [-0.39, 0.29) is 18.4 Å². The van der Waals surface area contributed by atoms with Gasteiger partial charge >= 0.3 is 0 Å². The summed E-state index contributed by atoms with van der Waals surface area (Å²) in [5.74, 6) is 0.333. The van der Waals surface area contributed by atoms with Crippen LogP contribution in [0.4, 0.5) is 0 Å². The van der Waals surface area contributed by atoms with Crippen molar-refractivity contribution in [1.29, 1.82) is 0 Å². The van der Waals surface area contributed by atoms with Crippen LogP contribution >= 0.6 is 0 Å². The number of rotatable bonds is 11. The standard InChI is InChI=1S/C25H34N2O3/c1-5-7-16-26-25(29)23(6-2)27(17-21-12-8-19(3)9-13-21)24(28)18-30-22-14-10-20(4)11-15-22/h8-15,23H,5-7,16-18H2,1-4H3,(H,26,29)/t23-/m0/s1. The summed E-state index contributed by atoms with van der Waals surface area (Å²) in [7, 11) is 0. The Labute approximate surface area is 180 Å². The normalized spacial score (nSPS) is 11.6. The minimum atomic E-state index is -0.530. The highest BCUT2D eigenvalue weighted by molar-refractivity contribution is 5.88. The molecule has 2 aromatic rings. The van der Waals surface area contributed by atoms with Gasteiger partial charge in [-0.2, -0.15) is 0 Å². The Morgan fingerprint density at radius 1 is 0.967 bits per heavy atom. The second-order valence-corrected chi connectivity index (χ2v) is 7.68. The van der Waals surface area contributed by atoms with Crippen molar-refractivity contribution in [3.8, 4) is 5.75 Å². The van der Waals surface area contributed by atoms with Crippen LogP contribution in [0.3, 0.4) is 0 Å². The van der Waals surface area contributed by atoms with E-state index in [2.05, 4.69) is 12.2 Å². The maximum atomic E-state index is 13.1. The van der Waals surface area contributed by atoms with Crippen LogP contribution in [0.1, 0.15) is 49.8 Å². The van der Waals surface area contributed by atoms with E-state index in [9.17, 15) is 9.59 Å². The van der Waals surface area contributed by atoms with Gasteiger partial charge in [0.25, 0.3) is 5.91 Å². The van der Waals surface area contributed by atoms with Crippen molar-refractivity contribution in [3.63, 3.8) is 0 Å². The quantitative estimate of drug-likeness (QED) is 0.559. The fourth-order valence-corrected chi connectivity index (χ4v) is 3.18. The zero-order valence-electron chi connectivity index (χ0n) is 18.6. The molecular formula is C25H34N2O3. The van der Waals surface area contributed by atoms with Gasteiger partial charge < -0.3 is 15.0 Å². The molecule has 0 fully saturated rings. The first kappa shape index (κ1) is 23.5. The number of nitrogens with zero attached hydrogens (tertiary/aromatic N) is 1. The molecule has 30 heavy (non-hydrogen) atoms. The molecule has 0 aliphatic rings. The van der Waals surface area contributed by atoms with E-state index >= 15 is 0 Å². The first-order valence-electron chi connectivity index (χ1n) is 10.8.